The summed E-state index contributed by atoms with van der Waals surface area (Å²) >= 11 is 0. The number of aryl methyl sites for hydroxylation is 1. The minimum atomic E-state index is 0.607. The van der Waals surface area contributed by atoms with Gasteiger partial charge < -0.3 is 5.73 Å². The summed E-state index contributed by atoms with van der Waals surface area (Å²) in [7, 11) is 0. The number of hydrogen-bond acceptors (Lipinski definition) is 3. The Labute approximate surface area is 105 Å². The molecule has 0 aliphatic heterocycles. The molecule has 0 saturated heterocycles. The topological polar surface area (TPSA) is 56.2 Å². The molecule has 4 heteroatoms. The van der Waals surface area contributed by atoms with E-state index >= 15 is 0 Å². The first-order valence-corrected chi connectivity index (χ1v) is 5.88. The van der Waals surface area contributed by atoms with Gasteiger partial charge in [-0.15, -0.1) is 5.10 Å². The Kier molecular flexibility index (Phi) is 2.48. The fraction of sp³-hybridized carbons (Fsp3) is 0.143. The van der Waals surface area contributed by atoms with Crippen LogP contribution >= 0.6 is 0 Å². The van der Waals surface area contributed by atoms with Crippen LogP contribution in [0.5, 0.6) is 0 Å². The lowest BCUT2D eigenvalue weighted by molar-refractivity contribution is 0.908. The molecule has 2 N–H and O–H groups in total. The van der Waals surface area contributed by atoms with E-state index in [2.05, 4.69) is 41.3 Å². The quantitative estimate of drug-likeness (QED) is 0.744. The van der Waals surface area contributed by atoms with E-state index in [0.717, 1.165) is 17.9 Å². The second-order valence-electron chi connectivity index (χ2n) is 4.41. The molecule has 2 aromatic heterocycles. The molecule has 3 aromatic rings. The van der Waals surface area contributed by atoms with Gasteiger partial charge in [-0.1, -0.05) is 35.9 Å². The summed E-state index contributed by atoms with van der Waals surface area (Å²) in [5.41, 5.74) is 9.09. The molecule has 0 aliphatic rings. The van der Waals surface area contributed by atoms with Gasteiger partial charge in [0.1, 0.15) is 5.82 Å². The van der Waals surface area contributed by atoms with Crippen molar-refractivity contribution >= 4 is 11.5 Å². The van der Waals surface area contributed by atoms with E-state index in [-0.39, 0.29) is 0 Å². The van der Waals surface area contributed by atoms with Gasteiger partial charge in [-0.2, -0.15) is 4.52 Å². The van der Waals surface area contributed by atoms with Gasteiger partial charge in [-0.3, -0.25) is 0 Å². The second-order valence-corrected chi connectivity index (χ2v) is 4.41. The van der Waals surface area contributed by atoms with Crippen LogP contribution < -0.4 is 5.73 Å². The van der Waals surface area contributed by atoms with Gasteiger partial charge in [0, 0.05) is 6.42 Å². The predicted molar refractivity (Wildman–Crippen MR) is 71.4 cm³/mol. The summed E-state index contributed by atoms with van der Waals surface area (Å²) in [5, 5.41) is 4.41. The molecule has 0 fully saturated rings. The predicted octanol–water partition coefficient (Wildman–Crippen LogP) is 2.21. The Balaban J connectivity index is 1.95. The first-order valence-electron chi connectivity index (χ1n) is 5.88. The summed E-state index contributed by atoms with van der Waals surface area (Å²) in [6.07, 6.45) is 0.724. The molecule has 0 atom stereocenters. The molecule has 90 valence electrons. The molecule has 1 aromatic carbocycles. The second kappa shape index (κ2) is 4.14. The van der Waals surface area contributed by atoms with Crippen molar-refractivity contribution in [2.45, 2.75) is 13.3 Å². The van der Waals surface area contributed by atoms with Crippen molar-refractivity contribution in [2.24, 2.45) is 0 Å². The number of benzene rings is 1. The minimum Gasteiger partial charge on any atom is -0.384 e. The van der Waals surface area contributed by atoms with Crippen LogP contribution in [-0.2, 0) is 6.42 Å². The maximum atomic E-state index is 5.84. The van der Waals surface area contributed by atoms with E-state index < -0.39 is 0 Å². The van der Waals surface area contributed by atoms with Crippen LogP contribution in [-0.4, -0.2) is 14.6 Å². The molecule has 0 radical (unpaired) electrons. The summed E-state index contributed by atoms with van der Waals surface area (Å²) in [6.45, 7) is 2.08. The number of anilines is 1. The molecule has 0 bridgehead atoms. The third kappa shape index (κ3) is 1.93. The van der Waals surface area contributed by atoms with E-state index in [4.69, 9.17) is 5.73 Å². The lowest BCUT2D eigenvalue weighted by Crippen LogP contribution is -1.98. The van der Waals surface area contributed by atoms with Gasteiger partial charge in [-0.25, -0.2) is 4.98 Å². The molecule has 3 rings (SSSR count). The lowest BCUT2D eigenvalue weighted by Gasteiger charge is -1.97. The zero-order valence-electron chi connectivity index (χ0n) is 10.2. The molecular formula is C14H14N4. The number of hydrogen-bond donors (Lipinski definition) is 1. The van der Waals surface area contributed by atoms with Gasteiger partial charge in [-0.05, 0) is 24.6 Å². The standard InChI is InChI=1S/C14H14N4/c1-10-5-7-11(8-6-10)9-13-16-14-4-2-3-12(15)18(14)17-13/h2-8H,9,15H2,1H3. The first-order chi connectivity index (χ1) is 8.72. The minimum absolute atomic E-state index is 0.607. The highest BCUT2D eigenvalue weighted by molar-refractivity contribution is 5.46. The number of pyridine rings is 1. The van der Waals surface area contributed by atoms with Crippen LogP contribution in [0.4, 0.5) is 5.82 Å². The highest BCUT2D eigenvalue weighted by Crippen LogP contribution is 2.11. The van der Waals surface area contributed by atoms with Crippen LogP contribution in [0.25, 0.3) is 5.65 Å². The largest absolute Gasteiger partial charge is 0.384 e. The Bertz CT molecular complexity index is 683. The lowest BCUT2D eigenvalue weighted by atomic mass is 10.1. The Hall–Kier alpha value is -2.36. The summed E-state index contributed by atoms with van der Waals surface area (Å²) < 4.78 is 1.67. The molecule has 0 amide bonds. The summed E-state index contributed by atoms with van der Waals surface area (Å²) in [4.78, 5) is 4.46. The highest BCUT2D eigenvalue weighted by atomic mass is 15.3. The number of fused-ring (bicyclic) bond motifs is 1. The molecule has 2 heterocycles. The average Bonchev–Trinajstić information content (AvgIpc) is 2.76. The average molecular weight is 238 g/mol. The van der Waals surface area contributed by atoms with E-state index in [1.165, 1.54) is 11.1 Å². The van der Waals surface area contributed by atoms with Gasteiger partial charge in [0.2, 0.25) is 0 Å². The third-order valence-electron chi connectivity index (χ3n) is 2.92. The van der Waals surface area contributed by atoms with Gasteiger partial charge in [0.25, 0.3) is 0 Å². The third-order valence-corrected chi connectivity index (χ3v) is 2.92. The number of nitrogens with zero attached hydrogens (tertiary/aromatic N) is 3. The van der Waals surface area contributed by atoms with Crippen molar-refractivity contribution in [2.75, 3.05) is 5.73 Å². The van der Waals surface area contributed by atoms with E-state index in [0.29, 0.717) is 5.82 Å². The molecule has 0 spiro atoms. The van der Waals surface area contributed by atoms with E-state index in [1.54, 1.807) is 4.52 Å². The van der Waals surface area contributed by atoms with Crippen LogP contribution in [0.1, 0.15) is 17.0 Å². The number of nitrogen functional groups attached to an aromatic ring is 1. The smallest absolute Gasteiger partial charge is 0.157 e. The van der Waals surface area contributed by atoms with Crippen LogP contribution in [0.3, 0.4) is 0 Å². The number of nitrogens with two attached hydrogens (primary N) is 1. The van der Waals surface area contributed by atoms with Gasteiger partial charge in [0.05, 0.1) is 0 Å². The van der Waals surface area contributed by atoms with Crippen LogP contribution in [0.2, 0.25) is 0 Å². The Morgan fingerprint density at radius 3 is 2.61 bits per heavy atom. The van der Waals surface area contributed by atoms with Gasteiger partial charge in [0.15, 0.2) is 11.5 Å². The zero-order chi connectivity index (χ0) is 12.5. The number of aromatic nitrogens is 3. The molecule has 0 unspecified atom stereocenters. The molecular weight excluding hydrogens is 224 g/mol. The fourth-order valence-corrected chi connectivity index (χ4v) is 1.93. The highest BCUT2D eigenvalue weighted by Gasteiger charge is 2.05. The maximum Gasteiger partial charge on any atom is 0.157 e. The van der Waals surface area contributed by atoms with Crippen LogP contribution in [0.15, 0.2) is 42.5 Å². The van der Waals surface area contributed by atoms with Crippen molar-refractivity contribution in [3.8, 4) is 0 Å². The molecule has 0 saturated carbocycles. The van der Waals surface area contributed by atoms with Crippen LogP contribution in [0, 0.1) is 6.92 Å². The molecule has 4 nitrogen and oxygen atoms in total. The van der Waals surface area contributed by atoms with E-state index in [9.17, 15) is 0 Å². The normalized spacial score (nSPS) is 10.9. The summed E-state index contributed by atoms with van der Waals surface area (Å²) in [5.74, 6) is 1.40. The van der Waals surface area contributed by atoms with Crippen molar-refractivity contribution in [1.82, 2.24) is 14.6 Å². The molecule has 0 aliphatic carbocycles. The van der Waals surface area contributed by atoms with Crippen molar-refractivity contribution < 1.29 is 0 Å². The first kappa shape index (κ1) is 10.8. The Morgan fingerprint density at radius 1 is 1.11 bits per heavy atom. The van der Waals surface area contributed by atoms with Gasteiger partial charge >= 0.3 is 0 Å². The number of rotatable bonds is 2. The monoisotopic (exact) mass is 238 g/mol. The molecule has 18 heavy (non-hydrogen) atoms. The van der Waals surface area contributed by atoms with E-state index in [1.807, 2.05) is 18.2 Å². The fourth-order valence-electron chi connectivity index (χ4n) is 1.93. The Morgan fingerprint density at radius 2 is 1.89 bits per heavy atom. The van der Waals surface area contributed by atoms with Crippen molar-refractivity contribution in [3.05, 3.63) is 59.4 Å². The maximum absolute atomic E-state index is 5.84. The SMILES string of the molecule is Cc1ccc(Cc2nc3cccc(N)n3n2)cc1. The summed E-state index contributed by atoms with van der Waals surface area (Å²) in [6, 6.07) is 14.0. The van der Waals surface area contributed by atoms with Crippen molar-refractivity contribution in [1.29, 1.82) is 0 Å². The zero-order valence-corrected chi connectivity index (χ0v) is 10.2. The van der Waals surface area contributed by atoms with Crippen molar-refractivity contribution in [3.63, 3.8) is 0 Å².